The Morgan fingerprint density at radius 1 is 1.72 bits per heavy atom. The average molecular weight is 288 g/mol. The van der Waals surface area contributed by atoms with Crippen LogP contribution in [0.25, 0.3) is 0 Å². The highest BCUT2D eigenvalue weighted by molar-refractivity contribution is 8.39. The van der Waals surface area contributed by atoms with E-state index in [1.165, 1.54) is 16.6 Å². The fourth-order valence-corrected chi connectivity index (χ4v) is 2.99. The van der Waals surface area contributed by atoms with Crippen LogP contribution in [0, 0.1) is 0 Å². The van der Waals surface area contributed by atoms with E-state index in [1.54, 1.807) is 23.0 Å². The average Bonchev–Trinajstić information content (AvgIpc) is 2.96. The molecule has 0 unspecified atom stereocenters. The van der Waals surface area contributed by atoms with E-state index in [9.17, 15) is 4.79 Å². The van der Waals surface area contributed by atoms with Crippen molar-refractivity contribution in [3.05, 3.63) is 6.20 Å². The van der Waals surface area contributed by atoms with E-state index in [0.717, 1.165) is 16.7 Å². The zero-order valence-electron chi connectivity index (χ0n) is 10.1. The van der Waals surface area contributed by atoms with Crippen LogP contribution in [0.15, 0.2) is 15.7 Å². The molecule has 0 aliphatic carbocycles. The Morgan fingerprint density at radius 3 is 3.17 bits per heavy atom. The Labute approximate surface area is 113 Å². The van der Waals surface area contributed by atoms with Gasteiger partial charge in [0.05, 0.1) is 31.2 Å². The number of hydrogen-bond donors (Lipinski definition) is 1. The molecule has 1 aliphatic heterocycles. The minimum Gasteiger partial charge on any atom is -0.288 e. The fraction of sp³-hybridized carbons (Fsp3) is 0.556. The molecule has 0 atom stereocenters. The normalized spacial score (nSPS) is 14.4. The van der Waals surface area contributed by atoms with Crippen LogP contribution >= 0.6 is 23.5 Å². The highest BCUT2D eigenvalue weighted by atomic mass is 32.2. The van der Waals surface area contributed by atoms with E-state index in [-0.39, 0.29) is 5.91 Å². The van der Waals surface area contributed by atoms with Gasteiger partial charge in [-0.1, -0.05) is 23.5 Å². The molecule has 1 aliphatic rings. The number of thioether (sulfide) groups is 2. The number of aromatic nitrogens is 2. The number of amides is 1. The third kappa shape index (κ3) is 3.64. The summed E-state index contributed by atoms with van der Waals surface area (Å²) in [6, 6.07) is 0. The van der Waals surface area contributed by atoms with Crippen molar-refractivity contribution in [2.75, 3.05) is 42.5 Å². The molecule has 0 saturated heterocycles. The van der Waals surface area contributed by atoms with Crippen LogP contribution < -0.4 is 15.1 Å². The van der Waals surface area contributed by atoms with Crippen molar-refractivity contribution >= 4 is 39.7 Å². The summed E-state index contributed by atoms with van der Waals surface area (Å²) in [7, 11) is 3.64. The van der Waals surface area contributed by atoms with Gasteiger partial charge in [-0.3, -0.25) is 19.6 Å². The lowest BCUT2D eigenvalue weighted by Crippen LogP contribution is -2.53. The first-order valence-electron chi connectivity index (χ1n) is 5.31. The quantitative estimate of drug-likeness (QED) is 0.782. The SMILES string of the molecule is CN(C)[n+]1cc(NC(=O)CSC2=NCCS2)on1. The molecule has 0 fully saturated rings. The molecule has 1 amide bonds. The van der Waals surface area contributed by atoms with Gasteiger partial charge in [0.15, 0.2) is 0 Å². The first-order chi connectivity index (χ1) is 8.65. The number of hydrogen-bond acceptors (Lipinski definition) is 7. The first-order valence-corrected chi connectivity index (χ1v) is 7.28. The summed E-state index contributed by atoms with van der Waals surface area (Å²) in [4.78, 5) is 17.4. The van der Waals surface area contributed by atoms with Crippen molar-refractivity contribution in [2.45, 2.75) is 0 Å². The maximum atomic E-state index is 11.6. The molecule has 9 heteroatoms. The molecular formula is C9H14N5O2S2+. The number of nitrogens with zero attached hydrogens (tertiary/aromatic N) is 4. The van der Waals surface area contributed by atoms with Gasteiger partial charge in [-0.25, -0.2) is 0 Å². The van der Waals surface area contributed by atoms with Gasteiger partial charge in [-0.05, 0) is 0 Å². The third-order valence-corrected chi connectivity index (χ3v) is 4.26. The summed E-state index contributed by atoms with van der Waals surface area (Å²) in [6.07, 6.45) is 1.60. The van der Waals surface area contributed by atoms with Crippen molar-refractivity contribution in [2.24, 2.45) is 4.99 Å². The zero-order valence-corrected chi connectivity index (χ0v) is 11.8. The van der Waals surface area contributed by atoms with Gasteiger partial charge in [0.2, 0.25) is 11.2 Å². The van der Waals surface area contributed by atoms with Gasteiger partial charge >= 0.3 is 5.88 Å². The van der Waals surface area contributed by atoms with Crippen molar-refractivity contribution in [1.82, 2.24) is 5.27 Å². The molecule has 98 valence electrons. The molecule has 0 spiro atoms. The topological polar surface area (TPSA) is 74.6 Å². The van der Waals surface area contributed by atoms with Crippen LogP contribution in [-0.2, 0) is 4.79 Å². The molecule has 7 nitrogen and oxygen atoms in total. The summed E-state index contributed by atoms with van der Waals surface area (Å²) in [5.74, 6) is 1.54. The zero-order chi connectivity index (χ0) is 13.0. The summed E-state index contributed by atoms with van der Waals surface area (Å²) in [5, 5.41) is 8.09. The standard InChI is InChI=1S/C9H13N5O2S2/c1-13(2)14-5-8(16-12-14)11-7(15)6-18-9-10-3-4-17-9/h5H,3-4,6H2,1-2H3/p+1. The van der Waals surface area contributed by atoms with Crippen LogP contribution in [0.5, 0.6) is 0 Å². The molecule has 1 aromatic rings. The van der Waals surface area contributed by atoms with Crippen LogP contribution in [0.3, 0.4) is 0 Å². The number of rotatable bonds is 4. The van der Waals surface area contributed by atoms with Crippen LogP contribution in [0.4, 0.5) is 5.88 Å². The van der Waals surface area contributed by atoms with Crippen LogP contribution in [0.1, 0.15) is 0 Å². The van der Waals surface area contributed by atoms with E-state index >= 15 is 0 Å². The first kappa shape index (κ1) is 13.2. The van der Waals surface area contributed by atoms with E-state index < -0.39 is 0 Å². The van der Waals surface area contributed by atoms with Crippen molar-refractivity contribution in [3.8, 4) is 0 Å². The Morgan fingerprint density at radius 2 is 2.56 bits per heavy atom. The van der Waals surface area contributed by atoms with Gasteiger partial charge in [0.25, 0.3) is 6.20 Å². The molecule has 1 aromatic heterocycles. The second-order valence-electron chi connectivity index (χ2n) is 3.67. The van der Waals surface area contributed by atoms with Gasteiger partial charge < -0.3 is 0 Å². The van der Waals surface area contributed by atoms with Crippen molar-refractivity contribution in [3.63, 3.8) is 0 Å². The van der Waals surface area contributed by atoms with Crippen molar-refractivity contribution < 1.29 is 14.1 Å². The molecular weight excluding hydrogens is 274 g/mol. The predicted molar refractivity (Wildman–Crippen MR) is 72.6 cm³/mol. The van der Waals surface area contributed by atoms with Crippen LogP contribution in [0.2, 0.25) is 0 Å². The van der Waals surface area contributed by atoms with E-state index in [1.807, 2.05) is 14.1 Å². The highest BCUT2D eigenvalue weighted by Crippen LogP contribution is 2.21. The molecule has 0 bridgehead atoms. The number of carbonyl (C=O) groups is 1. The number of carbonyl (C=O) groups excluding carboxylic acids is 1. The van der Waals surface area contributed by atoms with Gasteiger partial charge in [-0.2, -0.15) is 5.01 Å². The molecule has 0 aromatic carbocycles. The minimum atomic E-state index is -0.128. The minimum absolute atomic E-state index is 0.128. The second kappa shape index (κ2) is 6.10. The molecule has 0 radical (unpaired) electrons. The number of nitrogens with one attached hydrogen (secondary N) is 1. The Bertz CT molecular complexity index is 460. The number of anilines is 1. The molecule has 1 N–H and O–H groups in total. The van der Waals surface area contributed by atoms with Gasteiger partial charge in [-0.15, -0.1) is 0 Å². The fourth-order valence-electron chi connectivity index (χ4n) is 1.19. The van der Waals surface area contributed by atoms with Crippen LogP contribution in [-0.4, -0.2) is 47.7 Å². The van der Waals surface area contributed by atoms with Crippen molar-refractivity contribution in [1.29, 1.82) is 0 Å². The Hall–Kier alpha value is -1.22. The summed E-state index contributed by atoms with van der Waals surface area (Å²) in [5.41, 5.74) is 0. The second-order valence-corrected chi connectivity index (χ2v) is 5.97. The molecule has 18 heavy (non-hydrogen) atoms. The monoisotopic (exact) mass is 288 g/mol. The lowest BCUT2D eigenvalue weighted by Gasteiger charge is -1.99. The highest BCUT2D eigenvalue weighted by Gasteiger charge is 2.16. The number of aliphatic imine (C=N–C) groups is 1. The smallest absolute Gasteiger partial charge is 0.288 e. The lowest BCUT2D eigenvalue weighted by molar-refractivity contribution is -0.753. The van der Waals surface area contributed by atoms with E-state index in [0.29, 0.717) is 11.6 Å². The summed E-state index contributed by atoms with van der Waals surface area (Å²) < 4.78 is 5.94. The maximum Gasteiger partial charge on any atom is 0.305 e. The van der Waals surface area contributed by atoms with Gasteiger partial charge in [0.1, 0.15) is 4.38 Å². The third-order valence-electron chi connectivity index (χ3n) is 2.01. The predicted octanol–water partition coefficient (Wildman–Crippen LogP) is -0.0658. The largest absolute Gasteiger partial charge is 0.305 e. The van der Waals surface area contributed by atoms with Gasteiger partial charge in [0, 0.05) is 5.75 Å². The van der Waals surface area contributed by atoms with E-state index in [4.69, 9.17) is 4.52 Å². The lowest BCUT2D eigenvalue weighted by atomic mass is 10.6. The van der Waals surface area contributed by atoms with E-state index in [2.05, 4.69) is 15.6 Å². The Balaban J connectivity index is 1.79. The summed E-state index contributed by atoms with van der Waals surface area (Å²) >= 11 is 3.13. The summed E-state index contributed by atoms with van der Waals surface area (Å²) in [6.45, 7) is 0.847. The molecule has 2 heterocycles. The Kier molecular flexibility index (Phi) is 4.48. The molecule has 2 rings (SSSR count). The maximum absolute atomic E-state index is 11.6. The molecule has 0 saturated carbocycles.